The van der Waals surface area contributed by atoms with Gasteiger partial charge in [0.05, 0.1) is 0 Å². The number of esters is 1. The maximum atomic E-state index is 12.3. The van der Waals surface area contributed by atoms with Gasteiger partial charge >= 0.3 is 5.97 Å². The first-order valence-corrected chi connectivity index (χ1v) is 7.61. The van der Waals surface area contributed by atoms with Crippen molar-refractivity contribution in [2.45, 2.75) is 38.3 Å². The smallest absolute Gasteiger partial charge is 0.329 e. The van der Waals surface area contributed by atoms with Crippen LogP contribution in [0, 0.1) is 0 Å². The Morgan fingerprint density at radius 2 is 2.00 bits per heavy atom. The van der Waals surface area contributed by atoms with E-state index in [0.29, 0.717) is 5.56 Å². The number of benzene rings is 1. The van der Waals surface area contributed by atoms with E-state index in [1.807, 2.05) is 24.8 Å². The molecule has 0 N–H and O–H groups in total. The van der Waals surface area contributed by atoms with Gasteiger partial charge in [0.1, 0.15) is 17.4 Å². The molecule has 2 aliphatic rings. The highest BCUT2D eigenvalue weighted by Crippen LogP contribution is 2.34. The summed E-state index contributed by atoms with van der Waals surface area (Å²) < 4.78 is 5.23. The molecule has 1 saturated heterocycles. The normalized spacial score (nSPS) is 22.2. The fraction of sp³-hybridized carbons (Fsp3) is 0.471. The molecule has 0 spiro atoms. The number of likely N-dealkylation sites (tertiary alicyclic amines) is 1. The summed E-state index contributed by atoms with van der Waals surface area (Å²) >= 11 is 0. The maximum Gasteiger partial charge on any atom is 0.329 e. The van der Waals surface area contributed by atoms with E-state index in [1.54, 1.807) is 24.3 Å². The molecular weight excluding hydrogens is 280 g/mol. The average molecular weight is 300 g/mol. The quantitative estimate of drug-likeness (QED) is 0.631. The Labute approximate surface area is 130 Å². The third kappa shape index (κ3) is 2.89. The van der Waals surface area contributed by atoms with Gasteiger partial charge in [-0.3, -0.25) is 9.79 Å². The Kier molecular flexibility index (Phi) is 3.72. The molecular formula is C17H20N2O3. The van der Waals surface area contributed by atoms with Crippen LogP contribution in [-0.2, 0) is 9.53 Å². The van der Waals surface area contributed by atoms with E-state index >= 15 is 0 Å². The average Bonchev–Trinajstić information content (AvgIpc) is 2.94. The Balaban J connectivity index is 1.56. The number of amidine groups is 1. The number of ether oxygens (including phenoxy) is 1. The van der Waals surface area contributed by atoms with E-state index in [0.717, 1.165) is 25.2 Å². The molecule has 116 valence electrons. The van der Waals surface area contributed by atoms with Crippen LogP contribution in [0.25, 0.3) is 0 Å². The van der Waals surface area contributed by atoms with E-state index in [1.165, 1.54) is 0 Å². The number of aliphatic imine (C=N–C) groups is 1. The first-order valence-electron chi connectivity index (χ1n) is 7.61. The van der Waals surface area contributed by atoms with Gasteiger partial charge in [-0.15, -0.1) is 0 Å². The fourth-order valence-corrected chi connectivity index (χ4v) is 2.86. The zero-order chi connectivity index (χ0) is 15.7. The van der Waals surface area contributed by atoms with E-state index in [4.69, 9.17) is 4.74 Å². The topological polar surface area (TPSA) is 59.0 Å². The molecule has 5 heteroatoms. The lowest BCUT2D eigenvalue weighted by Crippen LogP contribution is -2.41. The number of Topliss-reactive ketones (excluding diaryl/α,β-unsaturated/α-hetero) is 1. The van der Waals surface area contributed by atoms with Crippen LogP contribution in [0.2, 0.25) is 0 Å². The lowest BCUT2D eigenvalue weighted by molar-refractivity contribution is -0.146. The zero-order valence-corrected chi connectivity index (χ0v) is 12.9. The molecule has 1 aromatic rings. The minimum Gasteiger partial charge on any atom is -0.456 e. The van der Waals surface area contributed by atoms with Crippen LogP contribution >= 0.6 is 0 Å². The summed E-state index contributed by atoms with van der Waals surface area (Å²) in [5.74, 6) is 0.469. The summed E-state index contributed by atoms with van der Waals surface area (Å²) in [5.41, 5.74) is 0.411. The maximum absolute atomic E-state index is 12.3. The van der Waals surface area contributed by atoms with Gasteiger partial charge in [0, 0.05) is 12.1 Å². The van der Waals surface area contributed by atoms with Crippen molar-refractivity contribution in [1.29, 1.82) is 0 Å². The monoisotopic (exact) mass is 300 g/mol. The molecule has 0 aliphatic carbocycles. The second kappa shape index (κ2) is 5.55. The van der Waals surface area contributed by atoms with Gasteiger partial charge in [-0.2, -0.15) is 0 Å². The Bertz CT molecular complexity index is 622. The molecule has 0 bridgehead atoms. The van der Waals surface area contributed by atoms with Crippen molar-refractivity contribution in [2.75, 3.05) is 13.2 Å². The van der Waals surface area contributed by atoms with Gasteiger partial charge in [-0.1, -0.05) is 30.3 Å². The second-order valence-corrected chi connectivity index (χ2v) is 6.24. The van der Waals surface area contributed by atoms with Gasteiger partial charge in [0.15, 0.2) is 12.4 Å². The van der Waals surface area contributed by atoms with Crippen molar-refractivity contribution >= 4 is 17.6 Å². The lowest BCUT2D eigenvalue weighted by atomic mass is 10.1. The number of hydrogen-bond donors (Lipinski definition) is 0. The molecule has 0 aromatic heterocycles. The lowest BCUT2D eigenvalue weighted by Gasteiger charge is -2.22. The Morgan fingerprint density at radius 1 is 1.32 bits per heavy atom. The Hall–Kier alpha value is -2.17. The van der Waals surface area contributed by atoms with Gasteiger partial charge < -0.3 is 9.64 Å². The molecule has 22 heavy (non-hydrogen) atoms. The number of rotatable bonds is 4. The highest BCUT2D eigenvalue weighted by atomic mass is 16.5. The summed E-state index contributed by atoms with van der Waals surface area (Å²) in [6.45, 7) is 4.68. The van der Waals surface area contributed by atoms with E-state index in [2.05, 4.69) is 4.99 Å². The summed E-state index contributed by atoms with van der Waals surface area (Å²) in [7, 11) is 0. The van der Waals surface area contributed by atoms with Crippen molar-refractivity contribution < 1.29 is 14.3 Å². The molecule has 3 rings (SSSR count). The molecule has 1 aromatic carbocycles. The molecule has 0 amide bonds. The highest BCUT2D eigenvalue weighted by Gasteiger charge is 2.47. The van der Waals surface area contributed by atoms with Crippen LogP contribution in [0.15, 0.2) is 35.3 Å². The van der Waals surface area contributed by atoms with Crippen LogP contribution in [0.3, 0.4) is 0 Å². The first-order chi connectivity index (χ1) is 10.5. The standard InChI is InChI=1S/C17H20N2O3/c1-17(2)16(18-17)19-10-6-9-13(19)15(21)22-11-14(20)12-7-4-3-5-8-12/h3-5,7-8,13H,6,9-11H2,1-2H3/t13-/m0/s1. The summed E-state index contributed by atoms with van der Waals surface area (Å²) in [6, 6.07) is 8.57. The van der Waals surface area contributed by atoms with E-state index in [9.17, 15) is 9.59 Å². The van der Waals surface area contributed by atoms with Crippen molar-refractivity contribution in [2.24, 2.45) is 4.99 Å². The van der Waals surface area contributed by atoms with Crippen LogP contribution < -0.4 is 0 Å². The van der Waals surface area contributed by atoms with Crippen LogP contribution in [0.4, 0.5) is 0 Å². The highest BCUT2D eigenvalue weighted by molar-refractivity contribution is 6.04. The van der Waals surface area contributed by atoms with Crippen molar-refractivity contribution in [1.82, 2.24) is 4.90 Å². The number of carbonyl (C=O) groups is 2. The largest absolute Gasteiger partial charge is 0.456 e. The summed E-state index contributed by atoms with van der Waals surface area (Å²) in [4.78, 5) is 30.7. The molecule has 0 saturated carbocycles. The van der Waals surface area contributed by atoms with Gasteiger partial charge in [0.2, 0.25) is 0 Å². The summed E-state index contributed by atoms with van der Waals surface area (Å²) in [6.07, 6.45) is 1.70. The van der Waals surface area contributed by atoms with Crippen molar-refractivity contribution in [3.63, 3.8) is 0 Å². The minimum absolute atomic E-state index is 0.150. The SMILES string of the molecule is CC1(C)N=C1N1CCC[C@H]1C(=O)OCC(=O)c1ccccc1. The summed E-state index contributed by atoms with van der Waals surface area (Å²) in [5, 5.41) is 0. The predicted octanol–water partition coefficient (Wildman–Crippen LogP) is 2.07. The first kappa shape index (κ1) is 14.8. The second-order valence-electron chi connectivity index (χ2n) is 6.24. The van der Waals surface area contributed by atoms with Crippen molar-refractivity contribution in [3.8, 4) is 0 Å². The van der Waals surface area contributed by atoms with Crippen LogP contribution in [0.1, 0.15) is 37.0 Å². The number of ketones is 1. The van der Waals surface area contributed by atoms with E-state index in [-0.39, 0.29) is 29.9 Å². The molecule has 1 atom stereocenters. The molecule has 2 heterocycles. The zero-order valence-electron chi connectivity index (χ0n) is 12.9. The van der Waals surface area contributed by atoms with Gasteiger partial charge in [-0.05, 0) is 26.7 Å². The number of nitrogens with zero attached hydrogens (tertiary/aromatic N) is 2. The van der Waals surface area contributed by atoms with Crippen molar-refractivity contribution in [3.05, 3.63) is 35.9 Å². The molecule has 2 aliphatic heterocycles. The predicted molar refractivity (Wildman–Crippen MR) is 83.0 cm³/mol. The van der Waals surface area contributed by atoms with Crippen LogP contribution in [0.5, 0.6) is 0 Å². The minimum atomic E-state index is -0.327. The molecule has 1 fully saturated rings. The van der Waals surface area contributed by atoms with E-state index < -0.39 is 0 Å². The third-order valence-electron chi connectivity index (χ3n) is 4.12. The van der Waals surface area contributed by atoms with Gasteiger partial charge in [-0.25, -0.2) is 4.79 Å². The fourth-order valence-electron chi connectivity index (χ4n) is 2.86. The molecule has 5 nitrogen and oxygen atoms in total. The third-order valence-corrected chi connectivity index (χ3v) is 4.12. The molecule has 0 unspecified atom stereocenters. The molecule has 0 radical (unpaired) electrons. The van der Waals surface area contributed by atoms with Gasteiger partial charge in [0.25, 0.3) is 0 Å². The Morgan fingerprint density at radius 3 is 2.64 bits per heavy atom. The number of carbonyl (C=O) groups excluding carboxylic acids is 2. The number of hydrogen-bond acceptors (Lipinski definition) is 5. The van der Waals surface area contributed by atoms with Crippen LogP contribution in [-0.4, -0.2) is 47.2 Å².